The lowest BCUT2D eigenvalue weighted by Crippen LogP contribution is -2.53. The predicted molar refractivity (Wildman–Crippen MR) is 119 cm³/mol. The summed E-state index contributed by atoms with van der Waals surface area (Å²) in [6.45, 7) is 2.85. The molecular formula is C23H27FN4O4. The van der Waals surface area contributed by atoms with Crippen LogP contribution in [-0.4, -0.2) is 69.8 Å². The Morgan fingerprint density at radius 1 is 0.969 bits per heavy atom. The number of carbonyl (C=O) groups is 2. The van der Waals surface area contributed by atoms with Crippen LogP contribution >= 0.6 is 0 Å². The summed E-state index contributed by atoms with van der Waals surface area (Å²) in [5, 5.41) is 2.99. The van der Waals surface area contributed by atoms with Crippen LogP contribution in [0.15, 0.2) is 42.5 Å². The molecule has 1 N–H and O–H groups in total. The molecule has 2 aliphatic rings. The first-order valence-corrected chi connectivity index (χ1v) is 10.6. The molecule has 2 heterocycles. The number of ether oxygens (including phenoxy) is 2. The lowest BCUT2D eigenvalue weighted by molar-refractivity contribution is -0.117. The van der Waals surface area contributed by atoms with Gasteiger partial charge in [0, 0.05) is 56.6 Å². The highest BCUT2D eigenvalue weighted by molar-refractivity contribution is 5.97. The second kappa shape index (κ2) is 9.33. The molecule has 32 heavy (non-hydrogen) atoms. The summed E-state index contributed by atoms with van der Waals surface area (Å²) < 4.78 is 23.7. The fraction of sp³-hybridized carbons (Fsp3) is 0.391. The molecule has 0 bridgehead atoms. The van der Waals surface area contributed by atoms with E-state index in [1.165, 1.54) is 12.1 Å². The van der Waals surface area contributed by atoms with Crippen LogP contribution in [0, 0.1) is 5.82 Å². The number of anilines is 2. The number of halogens is 1. The van der Waals surface area contributed by atoms with E-state index in [0.717, 1.165) is 5.69 Å². The summed E-state index contributed by atoms with van der Waals surface area (Å²) in [6.07, 6.45) is 0.246. The highest BCUT2D eigenvalue weighted by atomic mass is 19.1. The third kappa shape index (κ3) is 4.56. The molecule has 0 aliphatic carbocycles. The van der Waals surface area contributed by atoms with Crippen LogP contribution in [0.5, 0.6) is 11.5 Å². The third-order valence-electron chi connectivity index (χ3n) is 5.89. The number of methoxy groups -OCH3 is 2. The fourth-order valence-electron chi connectivity index (χ4n) is 4.13. The molecule has 0 aromatic heterocycles. The summed E-state index contributed by atoms with van der Waals surface area (Å²) in [4.78, 5) is 30.9. The largest absolute Gasteiger partial charge is 0.493 e. The molecule has 0 radical (unpaired) electrons. The quantitative estimate of drug-likeness (QED) is 0.770. The van der Waals surface area contributed by atoms with Gasteiger partial charge in [-0.3, -0.25) is 4.79 Å². The van der Waals surface area contributed by atoms with Gasteiger partial charge in [-0.15, -0.1) is 0 Å². The van der Waals surface area contributed by atoms with E-state index in [-0.39, 0.29) is 30.2 Å². The molecule has 2 saturated heterocycles. The lowest BCUT2D eigenvalue weighted by Gasteiger charge is -2.36. The number of carbonyl (C=O) groups excluding carboxylic acids is 2. The van der Waals surface area contributed by atoms with Crippen LogP contribution in [0.25, 0.3) is 0 Å². The SMILES string of the molecule is COc1ccc(N2CC(NC(=O)N3CCN(c4ccc(F)cc4)CC3)CC2=O)cc1OC. The first kappa shape index (κ1) is 21.7. The van der Waals surface area contributed by atoms with Gasteiger partial charge in [-0.05, 0) is 36.4 Å². The fourth-order valence-corrected chi connectivity index (χ4v) is 4.13. The molecule has 0 spiro atoms. The van der Waals surface area contributed by atoms with E-state index in [9.17, 15) is 14.0 Å². The summed E-state index contributed by atoms with van der Waals surface area (Å²) in [7, 11) is 3.11. The van der Waals surface area contributed by atoms with Crippen molar-refractivity contribution in [3.05, 3.63) is 48.3 Å². The molecular weight excluding hydrogens is 415 g/mol. The Morgan fingerprint density at radius 3 is 2.28 bits per heavy atom. The zero-order valence-electron chi connectivity index (χ0n) is 18.2. The number of urea groups is 1. The first-order valence-electron chi connectivity index (χ1n) is 10.6. The van der Waals surface area contributed by atoms with Gasteiger partial charge in [0.05, 0.1) is 20.3 Å². The van der Waals surface area contributed by atoms with E-state index in [2.05, 4.69) is 10.2 Å². The van der Waals surface area contributed by atoms with Crippen molar-refractivity contribution in [3.8, 4) is 11.5 Å². The summed E-state index contributed by atoms with van der Waals surface area (Å²) >= 11 is 0. The molecule has 3 amide bonds. The highest BCUT2D eigenvalue weighted by Gasteiger charge is 2.33. The molecule has 9 heteroatoms. The molecule has 2 aromatic rings. The average Bonchev–Trinajstić information content (AvgIpc) is 3.18. The highest BCUT2D eigenvalue weighted by Crippen LogP contribution is 2.33. The Hall–Kier alpha value is -3.49. The number of rotatable bonds is 5. The van der Waals surface area contributed by atoms with E-state index in [0.29, 0.717) is 49.9 Å². The van der Waals surface area contributed by atoms with Gasteiger partial charge in [-0.2, -0.15) is 0 Å². The molecule has 0 saturated carbocycles. The maximum Gasteiger partial charge on any atom is 0.317 e. The Morgan fingerprint density at radius 2 is 1.62 bits per heavy atom. The standard InChI is InChI=1S/C23H27FN4O4/c1-31-20-8-7-19(14-21(20)32-2)28-15-17(13-22(28)29)25-23(30)27-11-9-26(10-12-27)18-5-3-16(24)4-6-18/h3-8,14,17H,9-13,15H2,1-2H3,(H,25,30). The number of hydrogen-bond acceptors (Lipinski definition) is 5. The zero-order valence-corrected chi connectivity index (χ0v) is 18.2. The van der Waals surface area contributed by atoms with E-state index < -0.39 is 0 Å². The topological polar surface area (TPSA) is 74.4 Å². The van der Waals surface area contributed by atoms with Crippen molar-refractivity contribution in [2.45, 2.75) is 12.5 Å². The van der Waals surface area contributed by atoms with Crippen molar-refractivity contribution in [3.63, 3.8) is 0 Å². The van der Waals surface area contributed by atoms with Gasteiger partial charge in [0.1, 0.15) is 5.82 Å². The van der Waals surface area contributed by atoms with Crippen LogP contribution in [-0.2, 0) is 4.79 Å². The van der Waals surface area contributed by atoms with Crippen molar-refractivity contribution < 1.29 is 23.5 Å². The zero-order chi connectivity index (χ0) is 22.7. The van der Waals surface area contributed by atoms with Gasteiger partial charge >= 0.3 is 6.03 Å². The number of benzene rings is 2. The van der Waals surface area contributed by atoms with Crippen molar-refractivity contribution in [2.75, 3.05) is 56.7 Å². The molecule has 8 nitrogen and oxygen atoms in total. The van der Waals surface area contributed by atoms with Crippen LogP contribution in [0.4, 0.5) is 20.6 Å². The maximum atomic E-state index is 13.1. The smallest absolute Gasteiger partial charge is 0.317 e. The first-order chi connectivity index (χ1) is 15.5. The van der Waals surface area contributed by atoms with Crippen LogP contribution in [0.1, 0.15) is 6.42 Å². The number of nitrogens with one attached hydrogen (secondary N) is 1. The van der Waals surface area contributed by atoms with Gasteiger partial charge < -0.3 is 29.5 Å². The minimum atomic E-state index is -0.266. The van der Waals surface area contributed by atoms with Crippen LogP contribution in [0.2, 0.25) is 0 Å². The molecule has 170 valence electrons. The second-order valence-electron chi connectivity index (χ2n) is 7.84. The average molecular weight is 442 g/mol. The van der Waals surface area contributed by atoms with Crippen LogP contribution < -0.4 is 24.6 Å². The Kier molecular flexibility index (Phi) is 6.34. The summed E-state index contributed by atoms with van der Waals surface area (Å²) in [5.41, 5.74) is 1.65. The number of piperazine rings is 1. The van der Waals surface area contributed by atoms with Crippen molar-refractivity contribution in [2.24, 2.45) is 0 Å². The Bertz CT molecular complexity index is 976. The van der Waals surface area contributed by atoms with Gasteiger partial charge in [0.2, 0.25) is 5.91 Å². The lowest BCUT2D eigenvalue weighted by atomic mass is 10.2. The molecule has 4 rings (SSSR count). The molecule has 2 aliphatic heterocycles. The molecule has 1 atom stereocenters. The van der Waals surface area contributed by atoms with Gasteiger partial charge in [-0.1, -0.05) is 0 Å². The number of amides is 3. The minimum absolute atomic E-state index is 0.0522. The predicted octanol–water partition coefficient (Wildman–Crippen LogP) is 2.48. The monoisotopic (exact) mass is 442 g/mol. The molecule has 1 unspecified atom stereocenters. The molecule has 2 aromatic carbocycles. The normalized spacial score (nSPS) is 18.7. The third-order valence-corrected chi connectivity index (χ3v) is 5.89. The van der Waals surface area contributed by atoms with Crippen molar-refractivity contribution in [1.82, 2.24) is 10.2 Å². The van der Waals surface area contributed by atoms with Crippen molar-refractivity contribution in [1.29, 1.82) is 0 Å². The maximum absolute atomic E-state index is 13.1. The van der Waals surface area contributed by atoms with E-state index in [1.807, 2.05) is 0 Å². The number of nitrogens with zero attached hydrogens (tertiary/aromatic N) is 3. The second-order valence-corrected chi connectivity index (χ2v) is 7.84. The van der Waals surface area contributed by atoms with Gasteiger partial charge in [0.15, 0.2) is 11.5 Å². The Balaban J connectivity index is 1.32. The van der Waals surface area contributed by atoms with E-state index in [1.54, 1.807) is 54.4 Å². The minimum Gasteiger partial charge on any atom is -0.493 e. The number of hydrogen-bond donors (Lipinski definition) is 1. The van der Waals surface area contributed by atoms with Gasteiger partial charge in [-0.25, -0.2) is 9.18 Å². The summed E-state index contributed by atoms with van der Waals surface area (Å²) in [6, 6.07) is 11.3. The van der Waals surface area contributed by atoms with Crippen LogP contribution in [0.3, 0.4) is 0 Å². The van der Waals surface area contributed by atoms with Crippen molar-refractivity contribution >= 4 is 23.3 Å². The summed E-state index contributed by atoms with van der Waals surface area (Å²) in [5.74, 6) is 0.820. The van der Waals surface area contributed by atoms with E-state index >= 15 is 0 Å². The van der Waals surface area contributed by atoms with E-state index in [4.69, 9.17) is 9.47 Å². The van der Waals surface area contributed by atoms with Gasteiger partial charge in [0.25, 0.3) is 0 Å². The molecule has 2 fully saturated rings. The Labute approximate surface area is 186 Å².